The van der Waals surface area contributed by atoms with Crippen LogP contribution in [0.15, 0.2) is 0 Å². The summed E-state index contributed by atoms with van der Waals surface area (Å²) in [4.78, 5) is 15.2. The maximum atomic E-state index is 13.1. The Labute approximate surface area is 145 Å². The number of carbonyl (C=O) groups excluding carboxylic acids is 1. The average molecular weight is 341 g/mol. The van der Waals surface area contributed by atoms with E-state index in [0.29, 0.717) is 17.7 Å². The van der Waals surface area contributed by atoms with Gasteiger partial charge in [0.15, 0.2) is 5.69 Å². The summed E-state index contributed by atoms with van der Waals surface area (Å²) < 4.78 is 0. The van der Waals surface area contributed by atoms with Crippen molar-refractivity contribution in [1.29, 1.82) is 0 Å². The van der Waals surface area contributed by atoms with Gasteiger partial charge in [-0.25, -0.2) is 0 Å². The molecule has 1 atom stereocenters. The monoisotopic (exact) mass is 340 g/mol. The first kappa shape index (κ1) is 18.3. The van der Waals surface area contributed by atoms with Crippen LogP contribution in [0, 0.1) is 5.92 Å². The lowest BCUT2D eigenvalue weighted by atomic mass is 9.98. The number of nitrogens with one attached hydrogen (secondary N) is 2. The lowest BCUT2D eigenvalue weighted by molar-refractivity contribution is 0.0653. The maximum Gasteiger partial charge on any atom is 0.274 e. The van der Waals surface area contributed by atoms with Crippen LogP contribution in [-0.2, 0) is 13.0 Å². The molecule has 2 N–H and O–H groups in total. The molecule has 6 heteroatoms. The minimum absolute atomic E-state index is 0. The van der Waals surface area contributed by atoms with E-state index in [1.54, 1.807) is 0 Å². The number of amides is 1. The van der Waals surface area contributed by atoms with Gasteiger partial charge < -0.3 is 10.2 Å². The van der Waals surface area contributed by atoms with Crippen LogP contribution >= 0.6 is 12.4 Å². The summed E-state index contributed by atoms with van der Waals surface area (Å²) in [6.07, 6.45) is 6.75. The average Bonchev–Trinajstić information content (AvgIpc) is 2.80. The summed E-state index contributed by atoms with van der Waals surface area (Å²) in [5.74, 6) is 0.752. The second kappa shape index (κ2) is 8.15. The van der Waals surface area contributed by atoms with Crippen molar-refractivity contribution in [2.24, 2.45) is 5.92 Å². The van der Waals surface area contributed by atoms with E-state index in [1.807, 2.05) is 0 Å². The van der Waals surface area contributed by atoms with Gasteiger partial charge in [-0.15, -0.1) is 12.4 Å². The first-order chi connectivity index (χ1) is 10.7. The molecule has 0 aliphatic carbocycles. The van der Waals surface area contributed by atoms with Gasteiger partial charge in [0.1, 0.15) is 0 Å². The molecule has 1 unspecified atom stereocenters. The van der Waals surface area contributed by atoms with Crippen LogP contribution in [0.2, 0.25) is 0 Å². The van der Waals surface area contributed by atoms with Crippen LogP contribution in [0.5, 0.6) is 0 Å². The van der Waals surface area contributed by atoms with Gasteiger partial charge in [0, 0.05) is 43.4 Å². The van der Waals surface area contributed by atoms with Crippen LogP contribution in [0.25, 0.3) is 0 Å². The molecule has 2 aliphatic heterocycles. The molecule has 0 bridgehead atoms. The summed E-state index contributed by atoms with van der Waals surface area (Å²) >= 11 is 0. The Morgan fingerprint density at radius 2 is 2.17 bits per heavy atom. The second-order valence-corrected chi connectivity index (χ2v) is 7.09. The van der Waals surface area contributed by atoms with E-state index < -0.39 is 0 Å². The van der Waals surface area contributed by atoms with Crippen molar-refractivity contribution in [3.8, 4) is 0 Å². The number of hydrogen-bond acceptors (Lipinski definition) is 3. The number of carbonyl (C=O) groups is 1. The summed E-state index contributed by atoms with van der Waals surface area (Å²) in [6, 6.07) is 0.374. The van der Waals surface area contributed by atoms with Gasteiger partial charge in [0.2, 0.25) is 0 Å². The third-order valence-corrected chi connectivity index (χ3v) is 4.89. The number of likely N-dealkylation sites (tertiary alicyclic amines) is 1. The number of aromatic amines is 1. The molecule has 0 aromatic carbocycles. The third kappa shape index (κ3) is 4.07. The highest BCUT2D eigenvalue weighted by atomic mass is 35.5. The number of fused-ring (bicyclic) bond motifs is 1. The first-order valence-corrected chi connectivity index (χ1v) is 8.74. The number of H-pyrrole nitrogens is 1. The van der Waals surface area contributed by atoms with Gasteiger partial charge in [0.05, 0.1) is 0 Å². The zero-order chi connectivity index (χ0) is 15.5. The van der Waals surface area contributed by atoms with Gasteiger partial charge >= 0.3 is 0 Å². The Bertz CT molecular complexity index is 529. The van der Waals surface area contributed by atoms with Crippen LogP contribution in [0.1, 0.15) is 67.7 Å². The number of aromatic nitrogens is 2. The third-order valence-electron chi connectivity index (χ3n) is 4.89. The van der Waals surface area contributed by atoms with Crippen molar-refractivity contribution in [2.45, 2.75) is 65.0 Å². The van der Waals surface area contributed by atoms with E-state index in [4.69, 9.17) is 0 Å². The zero-order valence-electron chi connectivity index (χ0n) is 14.2. The highest BCUT2D eigenvalue weighted by Gasteiger charge is 2.31. The van der Waals surface area contributed by atoms with E-state index in [0.717, 1.165) is 56.6 Å². The molecule has 1 aromatic rings. The molecule has 130 valence electrons. The minimum atomic E-state index is 0. The van der Waals surface area contributed by atoms with E-state index in [1.165, 1.54) is 12.8 Å². The fraction of sp³-hybridized carbons (Fsp3) is 0.765. The number of nitrogens with zero attached hydrogens (tertiary/aromatic N) is 2. The SMILES string of the molecule is CC(C)CC1CCCCCN1C(=O)c1n[nH]c2c1CNCC2.Cl. The molecule has 5 nitrogen and oxygen atoms in total. The normalized spacial score (nSPS) is 21.5. The molecular formula is C17H29ClN4O. The van der Waals surface area contributed by atoms with E-state index >= 15 is 0 Å². The van der Waals surface area contributed by atoms with Gasteiger partial charge in [-0.1, -0.05) is 26.7 Å². The van der Waals surface area contributed by atoms with Crippen molar-refractivity contribution in [3.05, 3.63) is 17.0 Å². The Balaban J connectivity index is 0.00000192. The molecule has 2 aliphatic rings. The Morgan fingerprint density at radius 1 is 1.35 bits per heavy atom. The molecule has 3 rings (SSSR count). The summed E-state index contributed by atoms with van der Waals surface area (Å²) in [6.45, 7) is 7.09. The molecule has 1 aromatic heterocycles. The molecule has 3 heterocycles. The Morgan fingerprint density at radius 3 is 2.96 bits per heavy atom. The van der Waals surface area contributed by atoms with Crippen LogP contribution in [0.4, 0.5) is 0 Å². The highest BCUT2D eigenvalue weighted by molar-refractivity contribution is 5.94. The van der Waals surface area contributed by atoms with Gasteiger partial charge in [-0.2, -0.15) is 5.10 Å². The topological polar surface area (TPSA) is 61.0 Å². The van der Waals surface area contributed by atoms with E-state index in [9.17, 15) is 4.79 Å². The fourth-order valence-corrected chi connectivity index (χ4v) is 3.77. The van der Waals surface area contributed by atoms with Crippen LogP contribution in [-0.4, -0.2) is 40.1 Å². The molecule has 0 spiro atoms. The first-order valence-electron chi connectivity index (χ1n) is 8.74. The van der Waals surface area contributed by atoms with Crippen molar-refractivity contribution >= 4 is 18.3 Å². The highest BCUT2D eigenvalue weighted by Crippen LogP contribution is 2.25. The van der Waals surface area contributed by atoms with Crippen molar-refractivity contribution in [3.63, 3.8) is 0 Å². The number of halogens is 1. The van der Waals surface area contributed by atoms with Gasteiger partial charge in [-0.05, 0) is 25.2 Å². The van der Waals surface area contributed by atoms with Gasteiger partial charge in [0.25, 0.3) is 5.91 Å². The molecular weight excluding hydrogens is 312 g/mol. The molecule has 1 amide bonds. The predicted octanol–water partition coefficient (Wildman–Crippen LogP) is 2.91. The van der Waals surface area contributed by atoms with Crippen LogP contribution in [0.3, 0.4) is 0 Å². The Kier molecular flexibility index (Phi) is 6.48. The lowest BCUT2D eigenvalue weighted by Gasteiger charge is -2.31. The molecule has 1 fully saturated rings. The molecule has 0 radical (unpaired) electrons. The number of hydrogen-bond donors (Lipinski definition) is 2. The minimum Gasteiger partial charge on any atom is -0.334 e. The Hall–Kier alpha value is -1.07. The molecule has 23 heavy (non-hydrogen) atoms. The maximum absolute atomic E-state index is 13.1. The van der Waals surface area contributed by atoms with Crippen molar-refractivity contribution in [2.75, 3.05) is 13.1 Å². The van der Waals surface area contributed by atoms with E-state index in [2.05, 4.69) is 34.3 Å². The summed E-state index contributed by atoms with van der Waals surface area (Å²) in [5, 5.41) is 10.8. The van der Waals surface area contributed by atoms with Crippen LogP contribution < -0.4 is 5.32 Å². The largest absolute Gasteiger partial charge is 0.334 e. The standard InChI is InChI=1S/C17H28N4O.ClH/c1-12(2)10-13-6-4-3-5-9-21(13)17(22)16-14-11-18-8-7-15(14)19-20-16;/h12-13,18H,3-11H2,1-2H3,(H,19,20);1H. The summed E-state index contributed by atoms with van der Waals surface area (Å²) in [7, 11) is 0. The van der Waals surface area contributed by atoms with E-state index in [-0.39, 0.29) is 18.3 Å². The number of rotatable bonds is 3. The predicted molar refractivity (Wildman–Crippen MR) is 94.0 cm³/mol. The summed E-state index contributed by atoms with van der Waals surface area (Å²) in [5.41, 5.74) is 2.87. The smallest absolute Gasteiger partial charge is 0.274 e. The molecule has 1 saturated heterocycles. The quantitative estimate of drug-likeness (QED) is 0.889. The molecule has 0 saturated carbocycles. The van der Waals surface area contributed by atoms with Crippen molar-refractivity contribution in [1.82, 2.24) is 20.4 Å². The van der Waals surface area contributed by atoms with Crippen molar-refractivity contribution < 1.29 is 4.79 Å². The fourth-order valence-electron chi connectivity index (χ4n) is 3.77. The second-order valence-electron chi connectivity index (χ2n) is 7.09. The van der Waals surface area contributed by atoms with Gasteiger partial charge in [-0.3, -0.25) is 9.89 Å². The zero-order valence-corrected chi connectivity index (χ0v) is 15.0. The lowest BCUT2D eigenvalue weighted by Crippen LogP contribution is -2.41.